The van der Waals surface area contributed by atoms with Gasteiger partial charge in [0.2, 0.25) is 5.91 Å². The van der Waals surface area contributed by atoms with Crippen LogP contribution in [-0.4, -0.2) is 43.4 Å². The molecule has 3 amide bonds. The molecule has 1 aromatic rings. The maximum Gasteiger partial charge on any atom is 0.344 e. The zero-order chi connectivity index (χ0) is 14.5. The lowest BCUT2D eigenvalue weighted by atomic mass is 10.2. The van der Waals surface area contributed by atoms with E-state index < -0.39 is 6.03 Å². The number of hydrogen-bond donors (Lipinski definition) is 1. The minimum absolute atomic E-state index is 0.0657. The number of urea groups is 1. The third kappa shape index (κ3) is 3.05. The van der Waals surface area contributed by atoms with Crippen LogP contribution in [0.1, 0.15) is 12.5 Å². The minimum Gasteiger partial charge on any atom is -0.493 e. The molecule has 0 atom stereocenters. The van der Waals surface area contributed by atoms with Crippen LogP contribution in [0.2, 0.25) is 0 Å². The van der Waals surface area contributed by atoms with Crippen LogP contribution in [-0.2, 0) is 4.79 Å². The lowest BCUT2D eigenvalue weighted by Gasteiger charge is -2.10. The van der Waals surface area contributed by atoms with Crippen LogP contribution < -0.4 is 14.8 Å². The first-order valence-electron chi connectivity index (χ1n) is 6.10. The number of hydrogen-bond acceptors (Lipinski definition) is 5. The molecular weight excluding hydrogens is 262 g/mol. The number of imide groups is 1. The second kappa shape index (κ2) is 6.05. The van der Waals surface area contributed by atoms with Gasteiger partial charge in [-0.05, 0) is 30.7 Å². The van der Waals surface area contributed by atoms with E-state index in [-0.39, 0.29) is 12.5 Å². The van der Waals surface area contributed by atoms with Gasteiger partial charge in [0.05, 0.1) is 19.9 Å². The summed E-state index contributed by atoms with van der Waals surface area (Å²) in [6.07, 6.45) is 1.49. The van der Waals surface area contributed by atoms with E-state index in [0.717, 1.165) is 10.6 Å². The number of rotatable bonds is 5. The number of amides is 3. The van der Waals surface area contributed by atoms with Gasteiger partial charge in [-0.25, -0.2) is 9.80 Å². The van der Waals surface area contributed by atoms with E-state index in [1.807, 2.05) is 6.92 Å². The van der Waals surface area contributed by atoms with Crippen molar-refractivity contribution in [3.63, 3.8) is 0 Å². The molecule has 0 bridgehead atoms. The molecule has 1 saturated heterocycles. The average molecular weight is 277 g/mol. The van der Waals surface area contributed by atoms with Gasteiger partial charge in [-0.2, -0.15) is 5.10 Å². The third-order valence-electron chi connectivity index (χ3n) is 2.61. The molecule has 1 aromatic carbocycles. The lowest BCUT2D eigenvalue weighted by molar-refractivity contribution is -0.118. The molecule has 2 rings (SSSR count). The zero-order valence-electron chi connectivity index (χ0n) is 11.3. The summed E-state index contributed by atoms with van der Waals surface area (Å²) >= 11 is 0. The van der Waals surface area contributed by atoms with Gasteiger partial charge in [-0.1, -0.05) is 0 Å². The van der Waals surface area contributed by atoms with E-state index in [1.54, 1.807) is 25.3 Å². The van der Waals surface area contributed by atoms with Crippen LogP contribution in [0.4, 0.5) is 4.79 Å². The van der Waals surface area contributed by atoms with Crippen molar-refractivity contribution >= 4 is 18.2 Å². The van der Waals surface area contributed by atoms with Crippen molar-refractivity contribution in [2.45, 2.75) is 6.92 Å². The quantitative estimate of drug-likeness (QED) is 0.642. The number of carbonyl (C=O) groups excluding carboxylic acids is 2. The van der Waals surface area contributed by atoms with Crippen molar-refractivity contribution in [3.8, 4) is 11.5 Å². The first-order valence-corrected chi connectivity index (χ1v) is 6.10. The molecule has 20 heavy (non-hydrogen) atoms. The topological polar surface area (TPSA) is 80.2 Å². The van der Waals surface area contributed by atoms with Crippen molar-refractivity contribution in [2.75, 3.05) is 20.3 Å². The van der Waals surface area contributed by atoms with E-state index in [9.17, 15) is 9.59 Å². The summed E-state index contributed by atoms with van der Waals surface area (Å²) in [5, 5.41) is 7.17. The fraction of sp³-hybridized carbons (Fsp3) is 0.308. The Bertz CT molecular complexity index is 557. The Kier molecular flexibility index (Phi) is 4.19. The van der Waals surface area contributed by atoms with Gasteiger partial charge < -0.3 is 9.47 Å². The highest BCUT2D eigenvalue weighted by molar-refractivity contribution is 6.02. The highest BCUT2D eigenvalue weighted by atomic mass is 16.5. The minimum atomic E-state index is -0.523. The Morgan fingerprint density at radius 3 is 2.80 bits per heavy atom. The average Bonchev–Trinajstić information content (AvgIpc) is 2.75. The first-order chi connectivity index (χ1) is 9.63. The van der Waals surface area contributed by atoms with Gasteiger partial charge in [0.15, 0.2) is 11.5 Å². The maximum absolute atomic E-state index is 11.3. The van der Waals surface area contributed by atoms with Crippen molar-refractivity contribution < 1.29 is 19.1 Å². The Morgan fingerprint density at radius 2 is 2.20 bits per heavy atom. The van der Waals surface area contributed by atoms with Crippen molar-refractivity contribution in [2.24, 2.45) is 5.10 Å². The van der Waals surface area contributed by atoms with Gasteiger partial charge in [0.25, 0.3) is 0 Å². The summed E-state index contributed by atoms with van der Waals surface area (Å²) in [4.78, 5) is 22.3. The van der Waals surface area contributed by atoms with E-state index in [4.69, 9.17) is 9.47 Å². The number of hydrazone groups is 1. The van der Waals surface area contributed by atoms with Crippen LogP contribution in [0.25, 0.3) is 0 Å². The molecule has 0 spiro atoms. The smallest absolute Gasteiger partial charge is 0.344 e. The molecule has 7 heteroatoms. The van der Waals surface area contributed by atoms with Crippen molar-refractivity contribution in [3.05, 3.63) is 23.8 Å². The van der Waals surface area contributed by atoms with E-state index in [0.29, 0.717) is 18.1 Å². The van der Waals surface area contributed by atoms with Crippen LogP contribution in [0.15, 0.2) is 23.3 Å². The second-order valence-electron chi connectivity index (χ2n) is 4.00. The Balaban J connectivity index is 2.15. The maximum atomic E-state index is 11.3. The zero-order valence-corrected chi connectivity index (χ0v) is 11.3. The molecule has 0 unspecified atom stereocenters. The highest BCUT2D eigenvalue weighted by Crippen LogP contribution is 2.27. The summed E-state index contributed by atoms with van der Waals surface area (Å²) in [5.41, 5.74) is 0.737. The Morgan fingerprint density at radius 1 is 1.40 bits per heavy atom. The molecule has 1 heterocycles. The van der Waals surface area contributed by atoms with Gasteiger partial charge in [0.1, 0.15) is 6.54 Å². The molecule has 0 aromatic heterocycles. The molecule has 1 aliphatic heterocycles. The monoisotopic (exact) mass is 277 g/mol. The number of ether oxygens (including phenoxy) is 2. The molecule has 1 aliphatic rings. The van der Waals surface area contributed by atoms with Gasteiger partial charge in [-0.3, -0.25) is 10.1 Å². The molecule has 1 fully saturated rings. The molecule has 0 radical (unpaired) electrons. The highest BCUT2D eigenvalue weighted by Gasteiger charge is 2.25. The van der Waals surface area contributed by atoms with Crippen LogP contribution in [0.3, 0.4) is 0 Å². The molecule has 1 N–H and O–H groups in total. The first kappa shape index (κ1) is 13.9. The standard InChI is InChI=1S/C13H15N3O4/c1-3-20-11-6-9(4-5-10(11)19-2)7-14-16-8-12(17)15-13(16)18/h4-7H,3,8H2,1-2H3,(H,15,17,18)/b14-7-. The summed E-state index contributed by atoms with van der Waals surface area (Å²) in [5.74, 6) is 0.857. The molecule has 0 saturated carbocycles. The third-order valence-corrected chi connectivity index (χ3v) is 2.61. The summed E-state index contributed by atoms with van der Waals surface area (Å²) in [6.45, 7) is 2.32. The van der Waals surface area contributed by atoms with Crippen LogP contribution >= 0.6 is 0 Å². The van der Waals surface area contributed by atoms with Crippen LogP contribution in [0, 0.1) is 0 Å². The van der Waals surface area contributed by atoms with Crippen LogP contribution in [0.5, 0.6) is 11.5 Å². The molecule has 7 nitrogen and oxygen atoms in total. The van der Waals surface area contributed by atoms with Gasteiger partial charge in [-0.15, -0.1) is 0 Å². The molecular formula is C13H15N3O4. The van der Waals surface area contributed by atoms with Crippen molar-refractivity contribution in [1.82, 2.24) is 10.3 Å². The van der Waals surface area contributed by atoms with Gasteiger partial charge >= 0.3 is 6.03 Å². The number of nitrogens with zero attached hydrogens (tertiary/aromatic N) is 2. The normalized spacial score (nSPS) is 14.8. The summed E-state index contributed by atoms with van der Waals surface area (Å²) in [7, 11) is 1.56. The van der Waals surface area contributed by atoms with Gasteiger partial charge in [0, 0.05) is 0 Å². The van der Waals surface area contributed by atoms with E-state index >= 15 is 0 Å². The second-order valence-corrected chi connectivity index (χ2v) is 4.00. The summed E-state index contributed by atoms with van der Waals surface area (Å²) < 4.78 is 10.6. The van der Waals surface area contributed by atoms with E-state index in [2.05, 4.69) is 10.4 Å². The predicted octanol–water partition coefficient (Wildman–Crippen LogP) is 0.980. The summed E-state index contributed by atoms with van der Waals surface area (Å²) in [6, 6.07) is 4.76. The number of benzene rings is 1. The largest absolute Gasteiger partial charge is 0.493 e. The number of methoxy groups -OCH3 is 1. The Labute approximate surface area is 116 Å². The fourth-order valence-corrected chi connectivity index (χ4v) is 1.70. The van der Waals surface area contributed by atoms with E-state index in [1.165, 1.54) is 6.21 Å². The molecule has 106 valence electrons. The van der Waals surface area contributed by atoms with Crippen molar-refractivity contribution in [1.29, 1.82) is 0 Å². The predicted molar refractivity (Wildman–Crippen MR) is 72.0 cm³/mol. The Hall–Kier alpha value is -2.57. The fourth-order valence-electron chi connectivity index (χ4n) is 1.70. The number of carbonyl (C=O) groups is 2. The SMILES string of the molecule is CCOc1cc(/C=N\N2CC(=O)NC2=O)ccc1OC. The molecule has 0 aliphatic carbocycles. The number of nitrogens with one attached hydrogen (secondary N) is 1. The lowest BCUT2D eigenvalue weighted by Crippen LogP contribution is -2.24.